The van der Waals surface area contributed by atoms with E-state index in [1.807, 2.05) is 37.3 Å². The summed E-state index contributed by atoms with van der Waals surface area (Å²) in [6.45, 7) is 2.32. The number of carbonyl (C=O) groups is 2. The average Bonchev–Trinajstić information content (AvgIpc) is 3.17. The third-order valence-electron chi connectivity index (χ3n) is 3.92. The van der Waals surface area contributed by atoms with Gasteiger partial charge in [0, 0.05) is 12.1 Å². The lowest BCUT2D eigenvalue weighted by Crippen LogP contribution is -2.39. The highest BCUT2D eigenvalue weighted by Gasteiger charge is 2.24. The molecule has 3 N–H and O–H groups in total. The van der Waals surface area contributed by atoms with Crippen molar-refractivity contribution in [3.8, 4) is 5.69 Å². The van der Waals surface area contributed by atoms with E-state index in [0.29, 0.717) is 12.4 Å². The van der Waals surface area contributed by atoms with Crippen molar-refractivity contribution >= 4 is 17.8 Å². The lowest BCUT2D eigenvalue weighted by molar-refractivity contribution is -0.119. The van der Waals surface area contributed by atoms with Crippen LogP contribution in [0.2, 0.25) is 0 Å². The molecule has 1 aromatic heterocycles. The third-order valence-corrected chi connectivity index (χ3v) is 3.92. The fourth-order valence-electron chi connectivity index (χ4n) is 2.85. The third kappa shape index (κ3) is 3.40. The molecule has 0 spiro atoms. The van der Waals surface area contributed by atoms with Gasteiger partial charge in [-0.3, -0.25) is 10.1 Å². The molecule has 3 rings (SSSR count). The van der Waals surface area contributed by atoms with Gasteiger partial charge in [-0.2, -0.15) is 5.10 Å². The molecule has 1 aromatic carbocycles. The molecular weight excluding hydrogens is 306 g/mol. The number of urea groups is 1. The minimum atomic E-state index is -0.409. The van der Waals surface area contributed by atoms with E-state index in [1.165, 1.54) is 0 Å². The van der Waals surface area contributed by atoms with Crippen LogP contribution >= 0.6 is 0 Å². The van der Waals surface area contributed by atoms with E-state index in [4.69, 9.17) is 0 Å². The van der Waals surface area contributed by atoms with Crippen LogP contribution in [0.3, 0.4) is 0 Å². The normalized spacial score (nSPS) is 12.5. The molecule has 126 valence electrons. The molecule has 0 fully saturated rings. The highest BCUT2D eigenvalue weighted by Crippen LogP contribution is 2.30. The molecule has 0 unspecified atom stereocenters. The first-order chi connectivity index (χ1) is 11.7. The monoisotopic (exact) mass is 327 g/mol. The zero-order valence-electron chi connectivity index (χ0n) is 13.6. The van der Waals surface area contributed by atoms with Crippen LogP contribution in [0.5, 0.6) is 0 Å². The number of aromatic nitrogens is 2. The number of hydrogen-bond acceptors (Lipinski definition) is 3. The van der Waals surface area contributed by atoms with Gasteiger partial charge in [0.15, 0.2) is 0 Å². The highest BCUT2D eigenvalue weighted by atomic mass is 16.2. The number of nitrogens with one attached hydrogen (secondary N) is 3. The Morgan fingerprint density at radius 1 is 1.17 bits per heavy atom. The van der Waals surface area contributed by atoms with E-state index >= 15 is 0 Å². The molecule has 24 heavy (non-hydrogen) atoms. The summed E-state index contributed by atoms with van der Waals surface area (Å²) in [6.07, 6.45) is 2.86. The zero-order valence-corrected chi connectivity index (χ0v) is 13.6. The van der Waals surface area contributed by atoms with Gasteiger partial charge in [0.05, 0.1) is 17.9 Å². The second kappa shape index (κ2) is 7.16. The molecule has 1 aliphatic rings. The molecule has 0 bridgehead atoms. The van der Waals surface area contributed by atoms with Crippen molar-refractivity contribution in [1.29, 1.82) is 0 Å². The molecule has 2 aromatic rings. The maximum absolute atomic E-state index is 12.2. The van der Waals surface area contributed by atoms with E-state index in [1.54, 1.807) is 4.68 Å². The van der Waals surface area contributed by atoms with Gasteiger partial charge >= 0.3 is 6.03 Å². The van der Waals surface area contributed by atoms with Gasteiger partial charge in [-0.25, -0.2) is 9.48 Å². The Morgan fingerprint density at radius 2 is 1.96 bits per heavy atom. The number of anilines is 1. The van der Waals surface area contributed by atoms with Crippen molar-refractivity contribution in [2.75, 3.05) is 18.4 Å². The number of hydrogen-bond donors (Lipinski definition) is 3. The van der Waals surface area contributed by atoms with E-state index in [2.05, 4.69) is 21.0 Å². The Labute approximate surface area is 140 Å². The summed E-state index contributed by atoms with van der Waals surface area (Å²) in [7, 11) is 0. The number of nitrogens with zero attached hydrogens (tertiary/aromatic N) is 2. The zero-order chi connectivity index (χ0) is 16.9. The molecule has 7 heteroatoms. The van der Waals surface area contributed by atoms with E-state index < -0.39 is 6.03 Å². The summed E-state index contributed by atoms with van der Waals surface area (Å²) in [4.78, 5) is 23.6. The second-order valence-electron chi connectivity index (χ2n) is 5.64. The van der Waals surface area contributed by atoms with Gasteiger partial charge in [-0.15, -0.1) is 0 Å². The molecule has 0 radical (unpaired) electrons. The average molecular weight is 327 g/mol. The highest BCUT2D eigenvalue weighted by molar-refractivity contribution is 5.92. The second-order valence-corrected chi connectivity index (χ2v) is 5.64. The predicted molar refractivity (Wildman–Crippen MR) is 91.3 cm³/mol. The summed E-state index contributed by atoms with van der Waals surface area (Å²) in [5.74, 6) is 0.469. The molecule has 7 nitrogen and oxygen atoms in total. The Morgan fingerprint density at radius 3 is 2.71 bits per heavy atom. The maximum atomic E-state index is 12.2. The number of fused-ring (bicyclic) bond motifs is 1. The summed E-state index contributed by atoms with van der Waals surface area (Å²) in [5, 5.41) is 12.7. The number of amides is 3. The quantitative estimate of drug-likeness (QED) is 0.780. The molecule has 0 atom stereocenters. The summed E-state index contributed by atoms with van der Waals surface area (Å²) in [5.41, 5.74) is 3.00. The smallest absolute Gasteiger partial charge is 0.320 e. The van der Waals surface area contributed by atoms with Crippen molar-refractivity contribution < 1.29 is 9.59 Å². The van der Waals surface area contributed by atoms with Crippen molar-refractivity contribution in [2.24, 2.45) is 0 Å². The number of aryl methyl sites for hydroxylation is 1. The topological polar surface area (TPSA) is 88.1 Å². The van der Waals surface area contributed by atoms with Crippen molar-refractivity contribution in [3.05, 3.63) is 41.6 Å². The lowest BCUT2D eigenvalue weighted by atomic mass is 10.2. The van der Waals surface area contributed by atoms with Crippen LogP contribution in [0, 0.1) is 0 Å². The van der Waals surface area contributed by atoms with Gasteiger partial charge in [-0.1, -0.05) is 18.2 Å². The van der Waals surface area contributed by atoms with Crippen LogP contribution in [0.25, 0.3) is 5.69 Å². The fraction of sp³-hybridized carbons (Fsp3) is 0.353. The van der Waals surface area contributed by atoms with Crippen molar-refractivity contribution in [1.82, 2.24) is 20.4 Å². The van der Waals surface area contributed by atoms with Crippen LogP contribution in [-0.4, -0.2) is 34.8 Å². The van der Waals surface area contributed by atoms with Crippen LogP contribution in [0.1, 0.15) is 24.6 Å². The molecule has 1 heterocycles. The van der Waals surface area contributed by atoms with E-state index in [-0.39, 0.29) is 12.5 Å². The molecular formula is C17H21N5O2. The summed E-state index contributed by atoms with van der Waals surface area (Å²) >= 11 is 0. The van der Waals surface area contributed by atoms with Gasteiger partial charge in [0.25, 0.3) is 0 Å². The number of likely N-dealkylation sites (N-methyl/N-ethyl adjacent to an activating group) is 1. The summed E-state index contributed by atoms with van der Waals surface area (Å²) in [6, 6.07) is 9.28. The Bertz CT molecular complexity index is 739. The fourth-order valence-corrected chi connectivity index (χ4v) is 2.85. The van der Waals surface area contributed by atoms with E-state index in [0.717, 1.165) is 36.2 Å². The number of benzene rings is 1. The van der Waals surface area contributed by atoms with Crippen LogP contribution < -0.4 is 16.0 Å². The Balaban J connectivity index is 1.77. The minimum absolute atomic E-state index is 0.0542. The standard InChI is InChI=1S/C17H21N5O2/c1-2-18-15(23)11-19-17(24)20-16-13-9-6-10-14(13)21-22(16)12-7-4-3-5-8-12/h3-5,7-8H,2,6,9-11H2,1H3,(H,18,23)(H2,19,20,24). The van der Waals surface area contributed by atoms with Crippen molar-refractivity contribution in [3.63, 3.8) is 0 Å². The van der Waals surface area contributed by atoms with E-state index in [9.17, 15) is 9.59 Å². The van der Waals surface area contributed by atoms with Gasteiger partial charge < -0.3 is 10.6 Å². The number of rotatable bonds is 5. The Hall–Kier alpha value is -2.83. The number of para-hydroxylation sites is 1. The minimum Gasteiger partial charge on any atom is -0.355 e. The largest absolute Gasteiger partial charge is 0.355 e. The van der Waals surface area contributed by atoms with Crippen LogP contribution in [-0.2, 0) is 17.6 Å². The molecule has 1 aliphatic carbocycles. The molecule has 0 saturated carbocycles. The Kier molecular flexibility index (Phi) is 4.79. The molecule has 0 saturated heterocycles. The van der Waals surface area contributed by atoms with Crippen LogP contribution in [0.15, 0.2) is 30.3 Å². The van der Waals surface area contributed by atoms with Gasteiger partial charge in [0.2, 0.25) is 5.91 Å². The van der Waals surface area contributed by atoms with Gasteiger partial charge in [0.1, 0.15) is 5.82 Å². The SMILES string of the molecule is CCNC(=O)CNC(=O)Nc1c2c(nn1-c1ccccc1)CCC2. The summed E-state index contributed by atoms with van der Waals surface area (Å²) < 4.78 is 1.76. The molecule has 0 aliphatic heterocycles. The van der Waals surface area contributed by atoms with Gasteiger partial charge in [-0.05, 0) is 38.3 Å². The molecule has 3 amide bonds. The number of carbonyl (C=O) groups excluding carboxylic acids is 2. The first-order valence-electron chi connectivity index (χ1n) is 8.16. The first-order valence-corrected chi connectivity index (χ1v) is 8.16. The van der Waals surface area contributed by atoms with Crippen LogP contribution in [0.4, 0.5) is 10.6 Å². The predicted octanol–water partition coefficient (Wildman–Crippen LogP) is 1.62. The maximum Gasteiger partial charge on any atom is 0.320 e. The van der Waals surface area contributed by atoms with Crippen molar-refractivity contribution in [2.45, 2.75) is 26.2 Å². The lowest BCUT2D eigenvalue weighted by Gasteiger charge is -2.12. The first kappa shape index (κ1) is 16.0.